The molecule has 1 aliphatic rings. The van der Waals surface area contributed by atoms with E-state index in [-0.39, 0.29) is 24.1 Å². The van der Waals surface area contributed by atoms with E-state index in [4.69, 9.17) is 4.74 Å². The number of nitro benzene ring substituents is 1. The molecule has 1 fully saturated rings. The normalized spacial score (nSPS) is 17.2. The van der Waals surface area contributed by atoms with E-state index in [1.54, 1.807) is 18.2 Å². The third kappa shape index (κ3) is 5.61. The molecule has 0 aromatic heterocycles. The summed E-state index contributed by atoms with van der Waals surface area (Å²) in [6.07, 6.45) is 0.237. The minimum absolute atomic E-state index is 0.0114. The number of para-hydroxylation sites is 1. The van der Waals surface area contributed by atoms with Crippen LogP contribution in [0.2, 0.25) is 0 Å². The van der Waals surface area contributed by atoms with Crippen LogP contribution >= 0.6 is 0 Å². The third-order valence-electron chi connectivity index (χ3n) is 4.75. The Kier molecular flexibility index (Phi) is 6.73. The summed E-state index contributed by atoms with van der Waals surface area (Å²) < 4.78 is 5.58. The summed E-state index contributed by atoms with van der Waals surface area (Å²) in [4.78, 5) is 25.2. The maximum absolute atomic E-state index is 12.2. The first-order valence-electron chi connectivity index (χ1n) is 9.42. The van der Waals surface area contributed by atoms with Crippen LogP contribution in [0, 0.1) is 10.1 Å². The Labute approximate surface area is 164 Å². The predicted molar refractivity (Wildman–Crippen MR) is 106 cm³/mol. The maximum Gasteiger partial charge on any atom is 0.273 e. The number of rotatable bonds is 7. The van der Waals surface area contributed by atoms with Crippen molar-refractivity contribution in [2.24, 2.45) is 0 Å². The van der Waals surface area contributed by atoms with E-state index in [1.807, 2.05) is 12.1 Å². The second kappa shape index (κ2) is 9.43. The SMILES string of the molecule is CC1CN(Cc2cccc(CNC(=O)Cc3ccccc3[N+](=O)[O-])c2)CCO1. The number of carbonyl (C=O) groups is 1. The summed E-state index contributed by atoms with van der Waals surface area (Å²) >= 11 is 0. The van der Waals surface area contributed by atoms with Crippen molar-refractivity contribution in [3.63, 3.8) is 0 Å². The summed E-state index contributed by atoms with van der Waals surface area (Å²) in [5.41, 5.74) is 2.59. The fourth-order valence-corrected chi connectivity index (χ4v) is 3.40. The molecule has 7 heteroatoms. The summed E-state index contributed by atoms with van der Waals surface area (Å²) in [5, 5.41) is 13.9. The van der Waals surface area contributed by atoms with Gasteiger partial charge in [-0.2, -0.15) is 0 Å². The molecule has 2 aromatic rings. The van der Waals surface area contributed by atoms with E-state index >= 15 is 0 Å². The topological polar surface area (TPSA) is 84.7 Å². The highest BCUT2D eigenvalue weighted by molar-refractivity contribution is 5.79. The Morgan fingerprint density at radius 1 is 1.25 bits per heavy atom. The standard InChI is InChI=1S/C21H25N3O4/c1-16-14-23(9-10-28-16)15-18-6-4-5-17(11-18)13-22-21(25)12-19-7-2-3-8-20(19)24(26)27/h2-8,11,16H,9-10,12-15H2,1H3,(H,22,25). The van der Waals surface area contributed by atoms with E-state index in [0.717, 1.165) is 31.8 Å². The van der Waals surface area contributed by atoms with Crippen molar-refractivity contribution in [3.8, 4) is 0 Å². The molecule has 3 rings (SSSR count). The molecule has 1 amide bonds. The van der Waals surface area contributed by atoms with Crippen LogP contribution in [0.1, 0.15) is 23.6 Å². The lowest BCUT2D eigenvalue weighted by Gasteiger charge is -2.31. The van der Waals surface area contributed by atoms with Gasteiger partial charge in [0.05, 0.1) is 24.1 Å². The Balaban J connectivity index is 1.54. The molecule has 1 heterocycles. The highest BCUT2D eigenvalue weighted by atomic mass is 16.6. The van der Waals surface area contributed by atoms with E-state index < -0.39 is 4.92 Å². The van der Waals surface area contributed by atoms with Gasteiger partial charge in [-0.15, -0.1) is 0 Å². The van der Waals surface area contributed by atoms with Crippen LogP contribution in [-0.4, -0.2) is 41.5 Å². The van der Waals surface area contributed by atoms with Crippen molar-refractivity contribution in [1.82, 2.24) is 10.2 Å². The van der Waals surface area contributed by atoms with Crippen molar-refractivity contribution >= 4 is 11.6 Å². The number of hydrogen-bond acceptors (Lipinski definition) is 5. The van der Waals surface area contributed by atoms with Crippen LogP contribution in [0.5, 0.6) is 0 Å². The van der Waals surface area contributed by atoms with Gasteiger partial charge in [-0.3, -0.25) is 19.8 Å². The fourth-order valence-electron chi connectivity index (χ4n) is 3.40. The first kappa shape index (κ1) is 20.0. The van der Waals surface area contributed by atoms with Crippen molar-refractivity contribution in [3.05, 3.63) is 75.3 Å². The first-order chi connectivity index (χ1) is 13.5. The van der Waals surface area contributed by atoms with Gasteiger partial charge in [0.25, 0.3) is 5.69 Å². The summed E-state index contributed by atoms with van der Waals surface area (Å²) in [7, 11) is 0. The van der Waals surface area contributed by atoms with Crippen LogP contribution in [0.25, 0.3) is 0 Å². The quantitative estimate of drug-likeness (QED) is 0.587. The zero-order valence-electron chi connectivity index (χ0n) is 16.0. The van der Waals surface area contributed by atoms with Gasteiger partial charge >= 0.3 is 0 Å². The van der Waals surface area contributed by atoms with Gasteiger partial charge in [-0.05, 0) is 18.1 Å². The Bertz CT molecular complexity index is 840. The number of carbonyl (C=O) groups excluding carboxylic acids is 1. The highest BCUT2D eigenvalue weighted by Gasteiger charge is 2.17. The molecule has 0 bridgehead atoms. The summed E-state index contributed by atoms with van der Waals surface area (Å²) in [6, 6.07) is 14.5. The highest BCUT2D eigenvalue weighted by Crippen LogP contribution is 2.18. The van der Waals surface area contributed by atoms with Crippen LogP contribution in [0.3, 0.4) is 0 Å². The monoisotopic (exact) mass is 383 g/mol. The van der Waals surface area contributed by atoms with Gasteiger partial charge < -0.3 is 10.1 Å². The molecule has 1 atom stereocenters. The van der Waals surface area contributed by atoms with E-state index in [0.29, 0.717) is 12.1 Å². The van der Waals surface area contributed by atoms with Gasteiger partial charge in [-0.25, -0.2) is 0 Å². The lowest BCUT2D eigenvalue weighted by atomic mass is 10.1. The first-order valence-corrected chi connectivity index (χ1v) is 9.42. The van der Waals surface area contributed by atoms with Crippen molar-refractivity contribution in [2.75, 3.05) is 19.7 Å². The van der Waals surface area contributed by atoms with Gasteiger partial charge in [0, 0.05) is 37.8 Å². The number of benzene rings is 2. The number of hydrogen-bond donors (Lipinski definition) is 1. The molecule has 1 saturated heterocycles. The molecule has 0 aliphatic carbocycles. The second-order valence-electron chi connectivity index (χ2n) is 7.08. The number of morpholine rings is 1. The average Bonchev–Trinajstić information content (AvgIpc) is 2.67. The Morgan fingerprint density at radius 2 is 2.04 bits per heavy atom. The van der Waals surface area contributed by atoms with Crippen LogP contribution in [0.4, 0.5) is 5.69 Å². The molecule has 2 aromatic carbocycles. The van der Waals surface area contributed by atoms with E-state index in [2.05, 4.69) is 29.3 Å². The largest absolute Gasteiger partial charge is 0.376 e. The van der Waals surface area contributed by atoms with E-state index in [1.165, 1.54) is 11.6 Å². The lowest BCUT2D eigenvalue weighted by Crippen LogP contribution is -2.40. The third-order valence-corrected chi connectivity index (χ3v) is 4.75. The molecule has 7 nitrogen and oxygen atoms in total. The predicted octanol–water partition coefficient (Wildman–Crippen LogP) is 2.67. The minimum Gasteiger partial charge on any atom is -0.376 e. The molecule has 0 spiro atoms. The second-order valence-corrected chi connectivity index (χ2v) is 7.08. The summed E-state index contributed by atoms with van der Waals surface area (Å²) in [6.45, 7) is 5.91. The maximum atomic E-state index is 12.2. The van der Waals surface area contributed by atoms with Gasteiger partial charge in [0.2, 0.25) is 5.91 Å². The molecule has 1 unspecified atom stereocenters. The minimum atomic E-state index is -0.460. The molecule has 1 N–H and O–H groups in total. The molecule has 1 aliphatic heterocycles. The Morgan fingerprint density at radius 3 is 2.82 bits per heavy atom. The number of ether oxygens (including phenoxy) is 1. The number of amides is 1. The van der Waals surface area contributed by atoms with Crippen molar-refractivity contribution < 1.29 is 14.5 Å². The molecular weight excluding hydrogens is 358 g/mol. The molecular formula is C21H25N3O4. The number of nitrogens with zero attached hydrogens (tertiary/aromatic N) is 2. The van der Waals surface area contributed by atoms with Crippen LogP contribution < -0.4 is 5.32 Å². The molecule has 0 saturated carbocycles. The van der Waals surface area contributed by atoms with Gasteiger partial charge in [0.15, 0.2) is 0 Å². The number of nitrogens with one attached hydrogen (secondary N) is 1. The Hall–Kier alpha value is -2.77. The number of nitro groups is 1. The molecule has 148 valence electrons. The van der Waals surface area contributed by atoms with Crippen LogP contribution in [0.15, 0.2) is 48.5 Å². The smallest absolute Gasteiger partial charge is 0.273 e. The van der Waals surface area contributed by atoms with Crippen molar-refractivity contribution in [1.29, 1.82) is 0 Å². The van der Waals surface area contributed by atoms with Crippen molar-refractivity contribution in [2.45, 2.75) is 32.5 Å². The average molecular weight is 383 g/mol. The van der Waals surface area contributed by atoms with E-state index in [9.17, 15) is 14.9 Å². The fraction of sp³-hybridized carbons (Fsp3) is 0.381. The van der Waals surface area contributed by atoms with Gasteiger partial charge in [-0.1, -0.05) is 42.5 Å². The molecule has 0 radical (unpaired) electrons. The summed E-state index contributed by atoms with van der Waals surface area (Å²) in [5.74, 6) is -0.235. The molecule has 28 heavy (non-hydrogen) atoms. The zero-order chi connectivity index (χ0) is 19.9. The lowest BCUT2D eigenvalue weighted by molar-refractivity contribution is -0.385. The van der Waals surface area contributed by atoms with Gasteiger partial charge in [0.1, 0.15) is 0 Å². The van der Waals surface area contributed by atoms with Crippen LogP contribution in [-0.2, 0) is 29.0 Å². The zero-order valence-corrected chi connectivity index (χ0v) is 16.0.